The molecule has 0 aliphatic carbocycles. The number of para-hydroxylation sites is 1. The molecule has 0 radical (unpaired) electrons. The van der Waals surface area contributed by atoms with E-state index in [-0.39, 0.29) is 6.79 Å². The van der Waals surface area contributed by atoms with E-state index in [2.05, 4.69) is 5.32 Å². The topological polar surface area (TPSA) is 47.6 Å². The van der Waals surface area contributed by atoms with E-state index in [1.54, 1.807) is 24.3 Å². The van der Waals surface area contributed by atoms with Gasteiger partial charge in [0.05, 0.1) is 0 Å². The quantitative estimate of drug-likeness (QED) is 0.654. The van der Waals surface area contributed by atoms with Gasteiger partial charge in [0.1, 0.15) is 23.1 Å². The Kier molecular flexibility index (Phi) is 5.82. The minimum absolute atomic E-state index is 0.145. The van der Waals surface area contributed by atoms with Gasteiger partial charge in [-0.1, -0.05) is 18.2 Å². The number of hydrogen-bond donors (Lipinski definition) is 1. The van der Waals surface area contributed by atoms with Crippen LogP contribution in [0, 0.1) is 11.6 Å². The summed E-state index contributed by atoms with van der Waals surface area (Å²) in [5, 5.41) is 2.17. The first-order chi connectivity index (χ1) is 11.1. The van der Waals surface area contributed by atoms with E-state index >= 15 is 0 Å². The van der Waals surface area contributed by atoms with E-state index in [9.17, 15) is 13.6 Å². The lowest BCUT2D eigenvalue weighted by molar-refractivity contribution is -0.111. The van der Waals surface area contributed by atoms with Crippen molar-refractivity contribution in [3.63, 3.8) is 0 Å². The summed E-state index contributed by atoms with van der Waals surface area (Å²) in [6.45, 7) is 0.145. The molecule has 0 heterocycles. The maximum Gasteiger partial charge on any atom is 0.248 e. The summed E-state index contributed by atoms with van der Waals surface area (Å²) in [6, 6.07) is 10.3. The van der Waals surface area contributed by atoms with Crippen molar-refractivity contribution in [2.24, 2.45) is 0 Å². The summed E-state index contributed by atoms with van der Waals surface area (Å²) in [6.07, 6.45) is 2.71. The lowest BCUT2D eigenvalue weighted by atomic mass is 10.2. The summed E-state index contributed by atoms with van der Waals surface area (Å²) in [4.78, 5) is 11.7. The fraction of sp³-hybridized carbons (Fsp3) is 0.118. The smallest absolute Gasteiger partial charge is 0.248 e. The van der Waals surface area contributed by atoms with Crippen molar-refractivity contribution in [1.82, 2.24) is 0 Å². The largest absolute Gasteiger partial charge is 0.468 e. The summed E-state index contributed by atoms with van der Waals surface area (Å²) in [5.41, 5.74) is 0.268. The van der Waals surface area contributed by atoms with E-state index in [1.807, 2.05) is 0 Å². The number of anilines is 1. The molecule has 2 rings (SSSR count). The van der Waals surface area contributed by atoms with E-state index < -0.39 is 23.2 Å². The molecule has 0 aliphatic rings. The number of ether oxygens (including phenoxy) is 2. The van der Waals surface area contributed by atoms with Gasteiger partial charge in [-0.3, -0.25) is 4.79 Å². The fourth-order valence-corrected chi connectivity index (χ4v) is 1.76. The number of carbonyl (C=O) groups is 1. The first-order valence-electron chi connectivity index (χ1n) is 6.75. The molecule has 0 fully saturated rings. The summed E-state index contributed by atoms with van der Waals surface area (Å²) >= 11 is 0. The minimum Gasteiger partial charge on any atom is -0.468 e. The maximum atomic E-state index is 13.4. The number of rotatable bonds is 6. The molecule has 0 saturated carbocycles. The lowest BCUT2D eigenvalue weighted by Crippen LogP contribution is -2.10. The molecule has 120 valence electrons. The van der Waals surface area contributed by atoms with Crippen LogP contribution in [-0.4, -0.2) is 19.8 Å². The Morgan fingerprint density at radius 1 is 1.13 bits per heavy atom. The van der Waals surface area contributed by atoms with Gasteiger partial charge in [0.2, 0.25) is 5.91 Å². The van der Waals surface area contributed by atoms with Crippen molar-refractivity contribution in [2.75, 3.05) is 19.2 Å². The third kappa shape index (κ3) is 4.89. The monoisotopic (exact) mass is 319 g/mol. The molecule has 0 bridgehead atoms. The molecule has 6 heteroatoms. The Balaban J connectivity index is 1.98. The number of nitrogens with one attached hydrogen (secondary N) is 1. The van der Waals surface area contributed by atoms with Gasteiger partial charge in [0.15, 0.2) is 6.79 Å². The van der Waals surface area contributed by atoms with Crippen molar-refractivity contribution in [3.8, 4) is 5.75 Å². The second kappa shape index (κ2) is 8.05. The predicted octanol–water partition coefficient (Wildman–Crippen LogP) is 3.60. The molecule has 0 spiro atoms. The lowest BCUT2D eigenvalue weighted by Gasteiger charge is -2.05. The summed E-state index contributed by atoms with van der Waals surface area (Å²) < 4.78 is 36.8. The van der Waals surface area contributed by atoms with Crippen LogP contribution in [0.5, 0.6) is 5.75 Å². The van der Waals surface area contributed by atoms with Crippen molar-refractivity contribution in [3.05, 3.63) is 65.7 Å². The molecular weight excluding hydrogens is 304 g/mol. The third-order valence-electron chi connectivity index (χ3n) is 2.86. The van der Waals surface area contributed by atoms with Gasteiger partial charge in [-0.05, 0) is 35.9 Å². The van der Waals surface area contributed by atoms with Crippen LogP contribution in [0.3, 0.4) is 0 Å². The van der Waals surface area contributed by atoms with Crippen LogP contribution in [-0.2, 0) is 9.53 Å². The zero-order valence-corrected chi connectivity index (χ0v) is 12.4. The number of carbonyl (C=O) groups excluding carboxylic acids is 1. The Hall–Kier alpha value is -2.73. The van der Waals surface area contributed by atoms with E-state index in [4.69, 9.17) is 9.47 Å². The Morgan fingerprint density at radius 2 is 1.78 bits per heavy atom. The zero-order valence-electron chi connectivity index (χ0n) is 12.4. The van der Waals surface area contributed by atoms with Crippen molar-refractivity contribution in [2.45, 2.75) is 0 Å². The van der Waals surface area contributed by atoms with E-state index in [1.165, 1.54) is 25.3 Å². The second-order valence-electron chi connectivity index (χ2n) is 4.54. The fourth-order valence-electron chi connectivity index (χ4n) is 1.76. The highest BCUT2D eigenvalue weighted by Crippen LogP contribution is 2.18. The van der Waals surface area contributed by atoms with Gasteiger partial charge >= 0.3 is 0 Å². The molecule has 23 heavy (non-hydrogen) atoms. The molecule has 0 aromatic heterocycles. The highest BCUT2D eigenvalue weighted by atomic mass is 19.1. The number of amides is 1. The molecule has 1 N–H and O–H groups in total. The van der Waals surface area contributed by atoms with E-state index in [0.29, 0.717) is 5.75 Å². The van der Waals surface area contributed by atoms with Crippen molar-refractivity contribution < 1.29 is 23.0 Å². The molecule has 4 nitrogen and oxygen atoms in total. The van der Waals surface area contributed by atoms with Crippen LogP contribution in [0.2, 0.25) is 0 Å². The third-order valence-corrected chi connectivity index (χ3v) is 2.86. The van der Waals surface area contributed by atoms with Crippen LogP contribution in [0.1, 0.15) is 5.56 Å². The average molecular weight is 319 g/mol. The van der Waals surface area contributed by atoms with Gasteiger partial charge in [-0.15, -0.1) is 0 Å². The van der Waals surface area contributed by atoms with Crippen LogP contribution < -0.4 is 10.1 Å². The molecular formula is C17H15F2NO3. The molecule has 2 aromatic rings. The summed E-state index contributed by atoms with van der Waals surface area (Å²) in [7, 11) is 1.52. The highest BCUT2D eigenvalue weighted by molar-refractivity contribution is 6.02. The molecule has 0 aliphatic heterocycles. The standard InChI is InChI=1S/C17H15F2NO3/c1-22-11-23-13-8-5-12(6-9-13)7-10-16(21)20-17-14(18)3-2-4-15(17)19/h2-10H,11H2,1H3,(H,20,21)/b10-7+. The number of benzene rings is 2. The number of hydrogen-bond acceptors (Lipinski definition) is 3. The summed E-state index contributed by atoms with van der Waals surface area (Å²) in [5.74, 6) is -1.66. The zero-order chi connectivity index (χ0) is 16.7. The first kappa shape index (κ1) is 16.6. The van der Waals surface area contributed by atoms with E-state index in [0.717, 1.165) is 17.7 Å². The Bertz CT molecular complexity index is 679. The maximum absolute atomic E-state index is 13.4. The van der Waals surface area contributed by atoms with Gasteiger partial charge in [-0.2, -0.15) is 0 Å². The molecule has 1 amide bonds. The molecule has 0 atom stereocenters. The molecule has 2 aromatic carbocycles. The van der Waals surface area contributed by atoms with Crippen molar-refractivity contribution >= 4 is 17.7 Å². The SMILES string of the molecule is COCOc1ccc(/C=C/C(=O)Nc2c(F)cccc2F)cc1. The predicted molar refractivity (Wildman–Crippen MR) is 83.0 cm³/mol. The number of halogens is 2. The normalized spacial score (nSPS) is 10.7. The average Bonchev–Trinajstić information content (AvgIpc) is 2.55. The van der Waals surface area contributed by atoms with Crippen molar-refractivity contribution in [1.29, 1.82) is 0 Å². The molecule has 0 saturated heterocycles. The highest BCUT2D eigenvalue weighted by Gasteiger charge is 2.09. The van der Waals surface area contributed by atoms with Gasteiger partial charge in [0, 0.05) is 13.2 Å². The van der Waals surface area contributed by atoms with Crippen LogP contribution >= 0.6 is 0 Å². The second-order valence-corrected chi connectivity index (χ2v) is 4.54. The van der Waals surface area contributed by atoms with Gasteiger partial charge in [0.25, 0.3) is 0 Å². The van der Waals surface area contributed by atoms with Gasteiger partial charge in [-0.25, -0.2) is 8.78 Å². The first-order valence-corrected chi connectivity index (χ1v) is 6.75. The molecule has 0 unspecified atom stereocenters. The minimum atomic E-state index is -0.827. The van der Waals surface area contributed by atoms with Crippen LogP contribution in [0.25, 0.3) is 6.08 Å². The Morgan fingerprint density at radius 3 is 2.39 bits per heavy atom. The Labute approximate surface area is 132 Å². The van der Waals surface area contributed by atoms with Crippen LogP contribution in [0.15, 0.2) is 48.5 Å². The van der Waals surface area contributed by atoms with Gasteiger partial charge < -0.3 is 14.8 Å². The van der Waals surface area contributed by atoms with Crippen LogP contribution in [0.4, 0.5) is 14.5 Å². The number of methoxy groups -OCH3 is 1.